The van der Waals surface area contributed by atoms with Gasteiger partial charge in [0.25, 0.3) is 22.4 Å². The number of carbonyl (C=O) groups excluding carboxylic acids is 2. The highest BCUT2D eigenvalue weighted by Gasteiger charge is 2.33. The van der Waals surface area contributed by atoms with E-state index in [1.165, 1.54) is 55.5 Å². The van der Waals surface area contributed by atoms with Crippen LogP contribution in [-0.4, -0.2) is 46.4 Å². The van der Waals surface area contributed by atoms with E-state index >= 15 is 0 Å². The molecule has 3 aromatic carbocycles. The Hall–Kier alpha value is -3.91. The molecule has 1 aliphatic rings. The van der Waals surface area contributed by atoms with Crippen LogP contribution in [0.15, 0.2) is 65.6 Å². The standard InChI is InChI=1S/C28H25ClF5N3O5S/c1-16-5-7-18(28(32,33)34)12-21(16)22(14-26(38)35-15-25(30)31)36-27(39)17-6-8-24-23(11-17)37(9-10-42-24)43(40,41)20-4-2-3-19(29)13-20/h2-8,11-13,22,25H,9-10,14-15H2,1H3,(H,35,38)(H,36,39)/t22-/m0/s1. The Bertz CT molecular complexity index is 1640. The van der Waals surface area contributed by atoms with E-state index in [1.807, 2.05) is 5.32 Å². The van der Waals surface area contributed by atoms with Gasteiger partial charge in [0.1, 0.15) is 12.4 Å². The Morgan fingerprint density at radius 3 is 2.49 bits per heavy atom. The van der Waals surface area contributed by atoms with Crippen molar-refractivity contribution in [2.75, 3.05) is 24.0 Å². The summed E-state index contributed by atoms with van der Waals surface area (Å²) in [6.07, 6.45) is -8.24. The smallest absolute Gasteiger partial charge is 0.416 e. The first-order valence-electron chi connectivity index (χ1n) is 12.8. The molecule has 1 heterocycles. The Morgan fingerprint density at radius 2 is 1.81 bits per heavy atom. The SMILES string of the molecule is Cc1ccc(C(F)(F)F)cc1[C@H](CC(=O)NCC(F)F)NC(=O)c1ccc2c(c1)N(S(=O)(=O)c1cccc(Cl)c1)CCO2. The van der Waals surface area contributed by atoms with Crippen LogP contribution in [0.2, 0.25) is 5.02 Å². The summed E-state index contributed by atoms with van der Waals surface area (Å²) in [5.41, 5.74) is -0.855. The number of fused-ring (bicyclic) bond motifs is 1. The molecular formula is C28H25ClF5N3O5S. The Morgan fingerprint density at radius 1 is 1.07 bits per heavy atom. The van der Waals surface area contributed by atoms with Gasteiger partial charge in [0, 0.05) is 10.6 Å². The summed E-state index contributed by atoms with van der Waals surface area (Å²) in [5, 5.41) is 4.68. The summed E-state index contributed by atoms with van der Waals surface area (Å²) in [4.78, 5) is 25.7. The van der Waals surface area contributed by atoms with Gasteiger partial charge in [-0.05, 0) is 66.6 Å². The highest BCUT2D eigenvalue weighted by Crippen LogP contribution is 2.37. The van der Waals surface area contributed by atoms with Crippen molar-refractivity contribution in [1.82, 2.24) is 10.6 Å². The molecule has 2 N–H and O–H groups in total. The van der Waals surface area contributed by atoms with Crippen molar-refractivity contribution in [2.24, 2.45) is 0 Å². The minimum Gasteiger partial charge on any atom is -0.489 e. The van der Waals surface area contributed by atoms with E-state index in [0.717, 1.165) is 16.4 Å². The van der Waals surface area contributed by atoms with Crippen molar-refractivity contribution in [1.29, 1.82) is 0 Å². The summed E-state index contributed by atoms with van der Waals surface area (Å²) in [6, 6.07) is 10.9. The average Bonchev–Trinajstić information content (AvgIpc) is 2.94. The number of aryl methyl sites for hydroxylation is 1. The maximum Gasteiger partial charge on any atom is 0.416 e. The highest BCUT2D eigenvalue weighted by molar-refractivity contribution is 7.92. The molecule has 1 aliphatic heterocycles. The number of alkyl halides is 5. The molecule has 3 aromatic rings. The van der Waals surface area contributed by atoms with Crippen molar-refractivity contribution in [3.05, 3.63) is 87.9 Å². The number of nitrogens with one attached hydrogen (secondary N) is 2. The molecule has 0 spiro atoms. The van der Waals surface area contributed by atoms with Gasteiger partial charge in [-0.2, -0.15) is 13.2 Å². The van der Waals surface area contributed by atoms with Gasteiger partial charge < -0.3 is 15.4 Å². The Labute approximate surface area is 248 Å². The zero-order chi connectivity index (χ0) is 31.5. The maximum atomic E-state index is 13.5. The number of sulfonamides is 1. The lowest BCUT2D eigenvalue weighted by atomic mass is 9.95. The third kappa shape index (κ3) is 7.54. The quantitative estimate of drug-likeness (QED) is 0.299. The van der Waals surface area contributed by atoms with Gasteiger partial charge in [-0.15, -0.1) is 0 Å². The summed E-state index contributed by atoms with van der Waals surface area (Å²) in [6.45, 7) is 0.412. The van der Waals surface area contributed by atoms with E-state index in [2.05, 4.69) is 5.32 Å². The minimum atomic E-state index is -4.73. The number of hydrogen-bond acceptors (Lipinski definition) is 5. The van der Waals surface area contributed by atoms with E-state index in [-0.39, 0.29) is 45.6 Å². The van der Waals surface area contributed by atoms with E-state index in [0.29, 0.717) is 5.56 Å². The second-order valence-corrected chi connectivity index (χ2v) is 11.9. The van der Waals surface area contributed by atoms with Gasteiger partial charge >= 0.3 is 6.18 Å². The lowest BCUT2D eigenvalue weighted by Gasteiger charge is -2.31. The molecule has 15 heteroatoms. The van der Waals surface area contributed by atoms with E-state index in [4.69, 9.17) is 16.3 Å². The topological polar surface area (TPSA) is 105 Å². The van der Waals surface area contributed by atoms with Crippen molar-refractivity contribution < 1.29 is 44.7 Å². The Kier molecular flexibility index (Phi) is 9.50. The molecule has 43 heavy (non-hydrogen) atoms. The number of hydrogen-bond donors (Lipinski definition) is 2. The van der Waals surface area contributed by atoms with Gasteiger partial charge in [-0.25, -0.2) is 17.2 Å². The molecule has 1 atom stereocenters. The molecule has 0 aliphatic carbocycles. The molecule has 0 unspecified atom stereocenters. The van der Waals surface area contributed by atoms with Crippen LogP contribution >= 0.6 is 11.6 Å². The third-order valence-electron chi connectivity index (χ3n) is 6.56. The first kappa shape index (κ1) is 32.0. The number of ether oxygens (including phenoxy) is 1. The van der Waals surface area contributed by atoms with Crippen LogP contribution in [0.25, 0.3) is 0 Å². The van der Waals surface area contributed by atoms with Crippen LogP contribution in [0, 0.1) is 6.92 Å². The van der Waals surface area contributed by atoms with Crippen LogP contribution in [0.5, 0.6) is 5.75 Å². The fraction of sp³-hybridized carbons (Fsp3) is 0.286. The second kappa shape index (κ2) is 12.8. The number of carbonyl (C=O) groups is 2. The van der Waals surface area contributed by atoms with Crippen LogP contribution in [0.4, 0.5) is 27.6 Å². The monoisotopic (exact) mass is 645 g/mol. The van der Waals surface area contributed by atoms with Crippen LogP contribution in [0.1, 0.15) is 39.5 Å². The predicted octanol–water partition coefficient (Wildman–Crippen LogP) is 5.50. The summed E-state index contributed by atoms with van der Waals surface area (Å²) in [7, 11) is -4.14. The van der Waals surface area contributed by atoms with Crippen LogP contribution in [-0.2, 0) is 21.0 Å². The number of rotatable bonds is 9. The van der Waals surface area contributed by atoms with Crippen LogP contribution in [0.3, 0.4) is 0 Å². The molecule has 4 rings (SSSR count). The minimum absolute atomic E-state index is 0.0168. The molecule has 230 valence electrons. The number of benzene rings is 3. The molecule has 0 saturated heterocycles. The second-order valence-electron chi connectivity index (χ2n) is 9.56. The van der Waals surface area contributed by atoms with Crippen molar-refractivity contribution in [3.8, 4) is 5.75 Å². The summed E-state index contributed by atoms with van der Waals surface area (Å²) >= 11 is 5.98. The van der Waals surface area contributed by atoms with Crippen molar-refractivity contribution in [3.63, 3.8) is 0 Å². The van der Waals surface area contributed by atoms with Crippen LogP contribution < -0.4 is 19.7 Å². The lowest BCUT2D eigenvalue weighted by molar-refractivity contribution is -0.137. The first-order chi connectivity index (χ1) is 20.2. The fourth-order valence-corrected chi connectivity index (χ4v) is 6.21. The predicted molar refractivity (Wildman–Crippen MR) is 148 cm³/mol. The molecule has 8 nitrogen and oxygen atoms in total. The summed E-state index contributed by atoms with van der Waals surface area (Å²) in [5.74, 6) is -1.64. The van der Waals surface area contributed by atoms with Gasteiger partial charge in [0.2, 0.25) is 5.91 Å². The van der Waals surface area contributed by atoms with E-state index in [9.17, 15) is 40.0 Å². The summed E-state index contributed by atoms with van der Waals surface area (Å²) < 4.78 is 99.2. The third-order valence-corrected chi connectivity index (χ3v) is 8.60. The largest absolute Gasteiger partial charge is 0.489 e. The molecule has 0 fully saturated rings. The molecule has 0 saturated carbocycles. The van der Waals surface area contributed by atoms with Gasteiger partial charge in [0.05, 0.1) is 41.7 Å². The van der Waals surface area contributed by atoms with E-state index < -0.39 is 59.0 Å². The van der Waals surface area contributed by atoms with Crippen molar-refractivity contribution >= 4 is 39.1 Å². The number of anilines is 1. The zero-order valence-electron chi connectivity index (χ0n) is 22.4. The van der Waals surface area contributed by atoms with Gasteiger partial charge in [-0.3, -0.25) is 13.9 Å². The molecule has 2 amide bonds. The van der Waals surface area contributed by atoms with Gasteiger partial charge in [0.15, 0.2) is 0 Å². The number of amides is 2. The van der Waals surface area contributed by atoms with Gasteiger partial charge in [-0.1, -0.05) is 23.7 Å². The maximum absolute atomic E-state index is 13.5. The normalized spacial score (nSPS) is 14.1. The molecular weight excluding hydrogens is 621 g/mol. The Balaban J connectivity index is 1.68. The fourth-order valence-electron chi connectivity index (χ4n) is 4.46. The molecule has 0 bridgehead atoms. The first-order valence-corrected chi connectivity index (χ1v) is 14.6. The number of nitrogens with zero attached hydrogens (tertiary/aromatic N) is 1. The lowest BCUT2D eigenvalue weighted by Crippen LogP contribution is -2.38. The molecule has 0 radical (unpaired) electrons. The van der Waals surface area contributed by atoms with Crippen molar-refractivity contribution in [2.45, 2.75) is 36.9 Å². The zero-order valence-corrected chi connectivity index (χ0v) is 24.0. The number of halogens is 6. The highest BCUT2D eigenvalue weighted by atomic mass is 35.5. The van der Waals surface area contributed by atoms with E-state index in [1.54, 1.807) is 0 Å². The average molecular weight is 646 g/mol. The molecule has 0 aromatic heterocycles.